The van der Waals surface area contributed by atoms with Gasteiger partial charge in [0, 0.05) is 10.4 Å². The lowest BCUT2D eigenvalue weighted by atomic mass is 9.98. The molecule has 1 unspecified atom stereocenters. The van der Waals surface area contributed by atoms with Gasteiger partial charge in [-0.2, -0.15) is 5.11 Å². The van der Waals surface area contributed by atoms with Crippen molar-refractivity contribution in [3.63, 3.8) is 0 Å². The van der Waals surface area contributed by atoms with Crippen LogP contribution in [0.1, 0.15) is 32.4 Å². The normalized spacial score (nSPS) is 18.2. The van der Waals surface area contributed by atoms with Crippen LogP contribution in [0.25, 0.3) is 0 Å². The number of amides is 1. The Morgan fingerprint density at radius 2 is 2.12 bits per heavy atom. The number of benzene rings is 1. The van der Waals surface area contributed by atoms with E-state index in [2.05, 4.69) is 28.6 Å². The SMILES string of the molecule is Cc1csc(C2N=NC(=O)c3ccccc32)c1. The largest absolute Gasteiger partial charge is 0.295 e. The van der Waals surface area contributed by atoms with Crippen LogP contribution in [0, 0.1) is 6.92 Å². The number of nitrogens with zero attached hydrogens (tertiary/aromatic N) is 2. The van der Waals surface area contributed by atoms with Gasteiger partial charge in [-0.25, -0.2) is 0 Å². The molecule has 1 aromatic carbocycles. The molecule has 0 aliphatic carbocycles. The Morgan fingerprint density at radius 1 is 1.29 bits per heavy atom. The number of azo groups is 1. The molecule has 1 aliphatic rings. The van der Waals surface area contributed by atoms with Crippen molar-refractivity contribution >= 4 is 17.2 Å². The second-order valence-corrected chi connectivity index (χ2v) is 4.98. The molecular weight excluding hydrogens is 232 g/mol. The highest BCUT2D eigenvalue weighted by molar-refractivity contribution is 7.10. The van der Waals surface area contributed by atoms with Crippen molar-refractivity contribution in [2.75, 3.05) is 0 Å². The van der Waals surface area contributed by atoms with Crippen molar-refractivity contribution in [3.05, 3.63) is 57.3 Å². The molecule has 1 amide bonds. The van der Waals surface area contributed by atoms with Crippen LogP contribution in [0.3, 0.4) is 0 Å². The molecule has 0 radical (unpaired) electrons. The van der Waals surface area contributed by atoms with Gasteiger partial charge < -0.3 is 0 Å². The molecule has 0 bridgehead atoms. The molecule has 0 N–H and O–H groups in total. The number of fused-ring (bicyclic) bond motifs is 1. The minimum absolute atomic E-state index is 0.123. The molecular formula is C13H10N2OS. The summed E-state index contributed by atoms with van der Waals surface area (Å²) in [5.41, 5.74) is 2.84. The van der Waals surface area contributed by atoms with Gasteiger partial charge in [-0.1, -0.05) is 18.2 Å². The summed E-state index contributed by atoms with van der Waals surface area (Å²) in [5.74, 6) is -0.245. The fraction of sp³-hybridized carbons (Fsp3) is 0.154. The van der Waals surface area contributed by atoms with Gasteiger partial charge in [-0.05, 0) is 35.6 Å². The zero-order chi connectivity index (χ0) is 11.8. The molecule has 1 atom stereocenters. The van der Waals surface area contributed by atoms with E-state index >= 15 is 0 Å². The van der Waals surface area contributed by atoms with E-state index in [1.165, 1.54) is 5.56 Å². The first-order valence-electron chi connectivity index (χ1n) is 5.35. The number of hydrogen-bond donors (Lipinski definition) is 0. The number of hydrogen-bond acceptors (Lipinski definition) is 3. The van der Waals surface area contributed by atoms with E-state index in [-0.39, 0.29) is 11.9 Å². The van der Waals surface area contributed by atoms with Gasteiger partial charge in [0.05, 0.1) is 0 Å². The molecule has 0 saturated heterocycles. The molecule has 0 saturated carbocycles. The van der Waals surface area contributed by atoms with Crippen LogP contribution in [0.2, 0.25) is 0 Å². The Balaban J connectivity index is 2.14. The zero-order valence-corrected chi connectivity index (χ0v) is 10.1. The average Bonchev–Trinajstić information content (AvgIpc) is 2.77. The fourth-order valence-electron chi connectivity index (χ4n) is 1.96. The summed E-state index contributed by atoms with van der Waals surface area (Å²) in [6.07, 6.45) is 0. The Labute approximate surface area is 103 Å². The van der Waals surface area contributed by atoms with Crippen LogP contribution in [-0.2, 0) is 0 Å². The third-order valence-corrected chi connectivity index (χ3v) is 3.87. The van der Waals surface area contributed by atoms with Crippen LogP contribution in [0.5, 0.6) is 0 Å². The predicted octanol–water partition coefficient (Wildman–Crippen LogP) is 3.75. The highest BCUT2D eigenvalue weighted by atomic mass is 32.1. The van der Waals surface area contributed by atoms with Crippen molar-refractivity contribution in [1.82, 2.24) is 0 Å². The number of thiophene rings is 1. The summed E-state index contributed by atoms with van der Waals surface area (Å²) in [7, 11) is 0. The summed E-state index contributed by atoms with van der Waals surface area (Å²) < 4.78 is 0. The first-order chi connectivity index (χ1) is 8.25. The summed E-state index contributed by atoms with van der Waals surface area (Å²) >= 11 is 1.66. The third-order valence-electron chi connectivity index (χ3n) is 2.77. The molecule has 4 heteroatoms. The maximum absolute atomic E-state index is 11.6. The van der Waals surface area contributed by atoms with Crippen LogP contribution in [0.15, 0.2) is 45.9 Å². The topological polar surface area (TPSA) is 41.8 Å². The molecule has 1 aliphatic heterocycles. The Kier molecular flexibility index (Phi) is 2.37. The maximum Gasteiger partial charge on any atom is 0.295 e. The van der Waals surface area contributed by atoms with E-state index < -0.39 is 0 Å². The standard InChI is InChI=1S/C13H10N2OS/c1-8-6-11(17-7-8)12-9-4-2-3-5-10(9)13(16)15-14-12/h2-7,12H,1H3. The number of rotatable bonds is 1. The summed E-state index contributed by atoms with van der Waals surface area (Å²) in [6.45, 7) is 2.05. The summed E-state index contributed by atoms with van der Waals surface area (Å²) in [6, 6.07) is 9.52. The highest BCUT2D eigenvalue weighted by Crippen LogP contribution is 2.35. The highest BCUT2D eigenvalue weighted by Gasteiger charge is 2.25. The van der Waals surface area contributed by atoms with E-state index in [0.717, 1.165) is 10.4 Å². The Bertz CT molecular complexity index is 615. The number of aryl methyl sites for hydroxylation is 1. The minimum atomic E-state index is -0.245. The lowest BCUT2D eigenvalue weighted by Gasteiger charge is -2.16. The van der Waals surface area contributed by atoms with E-state index in [9.17, 15) is 4.79 Å². The van der Waals surface area contributed by atoms with Crippen molar-refractivity contribution in [1.29, 1.82) is 0 Å². The maximum atomic E-state index is 11.6. The van der Waals surface area contributed by atoms with E-state index in [1.54, 1.807) is 11.3 Å². The summed E-state index contributed by atoms with van der Waals surface area (Å²) in [4.78, 5) is 12.7. The van der Waals surface area contributed by atoms with E-state index in [4.69, 9.17) is 0 Å². The van der Waals surface area contributed by atoms with Crippen LogP contribution in [0.4, 0.5) is 0 Å². The van der Waals surface area contributed by atoms with E-state index in [0.29, 0.717) is 5.56 Å². The first-order valence-corrected chi connectivity index (χ1v) is 6.23. The lowest BCUT2D eigenvalue weighted by molar-refractivity contribution is 0.0986. The predicted molar refractivity (Wildman–Crippen MR) is 66.5 cm³/mol. The van der Waals surface area contributed by atoms with Crippen molar-refractivity contribution in [2.45, 2.75) is 13.0 Å². The quantitative estimate of drug-likeness (QED) is 0.750. The molecule has 17 heavy (non-hydrogen) atoms. The van der Waals surface area contributed by atoms with Crippen molar-refractivity contribution < 1.29 is 4.79 Å². The minimum Gasteiger partial charge on any atom is -0.265 e. The molecule has 84 valence electrons. The molecule has 3 nitrogen and oxygen atoms in total. The van der Waals surface area contributed by atoms with Crippen LogP contribution in [-0.4, -0.2) is 5.91 Å². The molecule has 3 rings (SSSR count). The molecule has 1 aromatic heterocycles. The fourth-order valence-corrected chi connectivity index (χ4v) is 2.91. The van der Waals surface area contributed by atoms with Crippen molar-refractivity contribution in [2.24, 2.45) is 10.2 Å². The Morgan fingerprint density at radius 3 is 2.88 bits per heavy atom. The first kappa shape index (κ1) is 10.4. The van der Waals surface area contributed by atoms with Gasteiger partial charge in [-0.3, -0.25) is 4.79 Å². The molecule has 2 aromatic rings. The third kappa shape index (κ3) is 1.70. The van der Waals surface area contributed by atoms with E-state index in [1.807, 2.05) is 24.3 Å². The van der Waals surface area contributed by atoms with Gasteiger partial charge in [0.15, 0.2) is 0 Å². The number of carbonyl (C=O) groups is 1. The van der Waals surface area contributed by atoms with Crippen molar-refractivity contribution in [3.8, 4) is 0 Å². The average molecular weight is 242 g/mol. The summed E-state index contributed by atoms with van der Waals surface area (Å²) in [5, 5.41) is 9.94. The van der Waals surface area contributed by atoms with Gasteiger partial charge in [-0.15, -0.1) is 16.5 Å². The number of carbonyl (C=O) groups excluding carboxylic acids is 1. The smallest absolute Gasteiger partial charge is 0.265 e. The zero-order valence-electron chi connectivity index (χ0n) is 9.25. The second kappa shape index (κ2) is 3.89. The van der Waals surface area contributed by atoms with Crippen LogP contribution < -0.4 is 0 Å². The van der Waals surface area contributed by atoms with Gasteiger partial charge in [0.1, 0.15) is 6.04 Å². The molecule has 2 heterocycles. The Hall–Kier alpha value is -1.81. The lowest BCUT2D eigenvalue weighted by Crippen LogP contribution is -2.09. The van der Waals surface area contributed by atoms with Gasteiger partial charge in [0.25, 0.3) is 5.91 Å². The van der Waals surface area contributed by atoms with Gasteiger partial charge >= 0.3 is 0 Å². The molecule has 0 spiro atoms. The second-order valence-electron chi connectivity index (χ2n) is 4.04. The van der Waals surface area contributed by atoms with Crippen LogP contribution >= 0.6 is 11.3 Å². The molecule has 0 fully saturated rings. The monoisotopic (exact) mass is 242 g/mol. The van der Waals surface area contributed by atoms with Gasteiger partial charge in [0.2, 0.25) is 0 Å².